The summed E-state index contributed by atoms with van der Waals surface area (Å²) in [7, 11) is 3.08. The molecule has 1 atom stereocenters. The molecule has 1 amide bonds. The number of amides is 1. The number of carbonyl (C=O) groups excluding carboxylic acids is 2. The van der Waals surface area contributed by atoms with Gasteiger partial charge in [-0.1, -0.05) is 13.0 Å². The van der Waals surface area contributed by atoms with Gasteiger partial charge < -0.3 is 9.64 Å². The maximum absolute atomic E-state index is 12.4. The summed E-state index contributed by atoms with van der Waals surface area (Å²) < 4.78 is 4.68. The van der Waals surface area contributed by atoms with Crippen LogP contribution in [0.1, 0.15) is 34.8 Å². The first kappa shape index (κ1) is 14.6. The Kier molecular flexibility index (Phi) is 4.42. The van der Waals surface area contributed by atoms with Crippen LogP contribution in [-0.2, 0) is 22.4 Å². The maximum atomic E-state index is 12.4. The highest BCUT2D eigenvalue weighted by molar-refractivity contribution is 5.94. The Morgan fingerprint density at radius 1 is 1.30 bits per heavy atom. The van der Waals surface area contributed by atoms with E-state index in [4.69, 9.17) is 0 Å². The average Bonchev–Trinajstić information content (AvgIpc) is 2.92. The van der Waals surface area contributed by atoms with Gasteiger partial charge in [-0.2, -0.15) is 0 Å². The van der Waals surface area contributed by atoms with Gasteiger partial charge in [0.05, 0.1) is 13.0 Å². The van der Waals surface area contributed by atoms with Crippen LogP contribution in [0.2, 0.25) is 0 Å². The smallest absolute Gasteiger partial charge is 0.310 e. The number of rotatable bonds is 4. The molecule has 4 nitrogen and oxygen atoms in total. The average molecular weight is 275 g/mol. The molecule has 0 heterocycles. The number of ether oxygens (including phenoxy) is 1. The molecule has 0 aliphatic heterocycles. The predicted molar refractivity (Wildman–Crippen MR) is 76.6 cm³/mol. The number of carbonyl (C=O) groups is 2. The molecule has 0 bridgehead atoms. The number of aryl methyl sites for hydroxylation is 2. The van der Waals surface area contributed by atoms with Crippen molar-refractivity contribution in [2.75, 3.05) is 20.7 Å². The Hall–Kier alpha value is -1.84. The Labute approximate surface area is 119 Å². The molecule has 2 rings (SSSR count). The van der Waals surface area contributed by atoms with Crippen molar-refractivity contribution in [3.63, 3.8) is 0 Å². The molecule has 0 spiro atoms. The molecule has 1 aromatic carbocycles. The Morgan fingerprint density at radius 3 is 2.70 bits per heavy atom. The van der Waals surface area contributed by atoms with Gasteiger partial charge in [0.15, 0.2) is 0 Å². The minimum atomic E-state index is -0.316. The van der Waals surface area contributed by atoms with Crippen LogP contribution in [0.15, 0.2) is 18.2 Å². The minimum absolute atomic E-state index is 0.0459. The molecule has 108 valence electrons. The molecule has 1 aliphatic rings. The predicted octanol–water partition coefficient (Wildman–Crippen LogP) is 2.06. The number of methoxy groups -OCH3 is 1. The number of fused-ring (bicyclic) bond motifs is 1. The van der Waals surface area contributed by atoms with Crippen molar-refractivity contribution in [2.24, 2.45) is 5.92 Å². The van der Waals surface area contributed by atoms with Crippen molar-refractivity contribution in [1.82, 2.24) is 4.90 Å². The van der Waals surface area contributed by atoms with Crippen LogP contribution in [0.4, 0.5) is 0 Å². The molecule has 0 saturated carbocycles. The van der Waals surface area contributed by atoms with Crippen LogP contribution in [0.3, 0.4) is 0 Å². The summed E-state index contributed by atoms with van der Waals surface area (Å²) in [4.78, 5) is 25.3. The Balaban J connectivity index is 2.05. The van der Waals surface area contributed by atoms with E-state index in [0.29, 0.717) is 12.1 Å². The summed E-state index contributed by atoms with van der Waals surface area (Å²) in [6, 6.07) is 5.92. The minimum Gasteiger partial charge on any atom is -0.469 e. The monoisotopic (exact) mass is 275 g/mol. The first-order chi connectivity index (χ1) is 9.52. The van der Waals surface area contributed by atoms with Crippen molar-refractivity contribution < 1.29 is 14.3 Å². The summed E-state index contributed by atoms with van der Waals surface area (Å²) in [5, 5.41) is 0. The van der Waals surface area contributed by atoms with Crippen molar-refractivity contribution in [2.45, 2.75) is 26.2 Å². The van der Waals surface area contributed by atoms with Gasteiger partial charge >= 0.3 is 5.97 Å². The van der Waals surface area contributed by atoms with E-state index in [2.05, 4.69) is 4.74 Å². The lowest BCUT2D eigenvalue weighted by molar-refractivity contribution is -0.145. The third-order valence-corrected chi connectivity index (χ3v) is 3.84. The number of nitrogens with zero attached hydrogens (tertiary/aromatic N) is 1. The van der Waals surface area contributed by atoms with E-state index in [1.54, 1.807) is 18.9 Å². The maximum Gasteiger partial charge on any atom is 0.310 e. The summed E-state index contributed by atoms with van der Waals surface area (Å²) in [6.07, 6.45) is 3.33. The Bertz CT molecular complexity index is 524. The lowest BCUT2D eigenvalue weighted by Gasteiger charge is -2.20. The summed E-state index contributed by atoms with van der Waals surface area (Å²) in [5.74, 6) is -0.655. The highest BCUT2D eigenvalue weighted by Crippen LogP contribution is 2.23. The Morgan fingerprint density at radius 2 is 2.00 bits per heavy atom. The van der Waals surface area contributed by atoms with Crippen LogP contribution in [0, 0.1) is 5.92 Å². The van der Waals surface area contributed by atoms with Gasteiger partial charge in [0.25, 0.3) is 5.91 Å². The second-order valence-corrected chi connectivity index (χ2v) is 5.45. The van der Waals surface area contributed by atoms with Crippen LogP contribution >= 0.6 is 0 Å². The molecule has 4 heteroatoms. The standard InChI is InChI=1S/C16H21NO3/c1-11(16(19)20-3)10-17(2)15(18)14-8-7-12-5-4-6-13(12)9-14/h7-9,11H,4-6,10H2,1-3H3. The van der Waals surface area contributed by atoms with Gasteiger partial charge in [0.2, 0.25) is 0 Å². The second kappa shape index (κ2) is 6.07. The molecule has 0 saturated heterocycles. The first-order valence-electron chi connectivity index (χ1n) is 6.98. The van der Waals surface area contributed by atoms with E-state index in [1.807, 2.05) is 18.2 Å². The topological polar surface area (TPSA) is 46.6 Å². The first-order valence-corrected chi connectivity index (χ1v) is 6.98. The van der Waals surface area contributed by atoms with E-state index in [1.165, 1.54) is 24.7 Å². The van der Waals surface area contributed by atoms with Crippen molar-refractivity contribution in [3.8, 4) is 0 Å². The molecular weight excluding hydrogens is 254 g/mol. The SMILES string of the molecule is COC(=O)C(C)CN(C)C(=O)c1ccc2c(c1)CCC2. The molecule has 1 aliphatic carbocycles. The van der Waals surface area contributed by atoms with E-state index in [-0.39, 0.29) is 17.8 Å². The van der Waals surface area contributed by atoms with Gasteiger partial charge in [-0.05, 0) is 42.5 Å². The summed E-state index contributed by atoms with van der Waals surface area (Å²) >= 11 is 0. The molecule has 0 radical (unpaired) electrons. The van der Waals surface area contributed by atoms with Crippen LogP contribution < -0.4 is 0 Å². The summed E-state index contributed by atoms with van der Waals surface area (Å²) in [5.41, 5.74) is 3.34. The van der Waals surface area contributed by atoms with Crippen LogP contribution in [0.25, 0.3) is 0 Å². The van der Waals surface area contributed by atoms with Crippen LogP contribution in [0.5, 0.6) is 0 Å². The highest BCUT2D eigenvalue weighted by atomic mass is 16.5. The van der Waals surface area contributed by atoms with Crippen molar-refractivity contribution >= 4 is 11.9 Å². The van der Waals surface area contributed by atoms with E-state index >= 15 is 0 Å². The quantitative estimate of drug-likeness (QED) is 0.790. The molecule has 1 unspecified atom stereocenters. The largest absolute Gasteiger partial charge is 0.469 e. The molecule has 0 N–H and O–H groups in total. The lowest BCUT2D eigenvalue weighted by Crippen LogP contribution is -2.34. The number of hydrogen-bond donors (Lipinski definition) is 0. The van der Waals surface area contributed by atoms with Crippen molar-refractivity contribution in [1.29, 1.82) is 0 Å². The molecule has 0 fully saturated rings. The van der Waals surface area contributed by atoms with Gasteiger partial charge in [0.1, 0.15) is 0 Å². The van der Waals surface area contributed by atoms with Gasteiger partial charge in [-0.3, -0.25) is 9.59 Å². The number of hydrogen-bond acceptors (Lipinski definition) is 3. The van der Waals surface area contributed by atoms with E-state index < -0.39 is 0 Å². The van der Waals surface area contributed by atoms with Gasteiger partial charge in [-0.15, -0.1) is 0 Å². The van der Waals surface area contributed by atoms with Crippen molar-refractivity contribution in [3.05, 3.63) is 34.9 Å². The third-order valence-electron chi connectivity index (χ3n) is 3.84. The zero-order valence-electron chi connectivity index (χ0n) is 12.3. The normalized spacial score (nSPS) is 14.6. The molecule has 20 heavy (non-hydrogen) atoms. The highest BCUT2D eigenvalue weighted by Gasteiger charge is 2.21. The summed E-state index contributed by atoms with van der Waals surface area (Å²) in [6.45, 7) is 2.13. The van der Waals surface area contributed by atoms with Gasteiger partial charge in [0, 0.05) is 19.2 Å². The zero-order chi connectivity index (χ0) is 14.7. The third kappa shape index (κ3) is 3.00. The fraction of sp³-hybridized carbons (Fsp3) is 0.500. The molecular formula is C16H21NO3. The second-order valence-electron chi connectivity index (χ2n) is 5.45. The van der Waals surface area contributed by atoms with E-state index in [9.17, 15) is 9.59 Å². The van der Waals surface area contributed by atoms with Gasteiger partial charge in [-0.25, -0.2) is 0 Å². The lowest BCUT2D eigenvalue weighted by atomic mass is 10.1. The number of benzene rings is 1. The molecule has 1 aromatic rings. The fourth-order valence-corrected chi connectivity index (χ4v) is 2.69. The molecule has 0 aromatic heterocycles. The zero-order valence-corrected chi connectivity index (χ0v) is 12.3. The fourth-order valence-electron chi connectivity index (χ4n) is 2.69. The van der Waals surface area contributed by atoms with E-state index in [0.717, 1.165) is 12.8 Å². The van der Waals surface area contributed by atoms with Crippen LogP contribution in [-0.4, -0.2) is 37.5 Å². The number of esters is 1.